The average Bonchev–Trinajstić information content (AvgIpc) is 2.43. The number of amides is 1. The quantitative estimate of drug-likeness (QED) is 0.898. The van der Waals surface area contributed by atoms with Gasteiger partial charge < -0.3 is 10.6 Å². The molecular weight excluding hydrogens is 306 g/mol. The van der Waals surface area contributed by atoms with Crippen LogP contribution in [0.25, 0.3) is 0 Å². The van der Waals surface area contributed by atoms with Crippen molar-refractivity contribution < 1.29 is 4.79 Å². The Kier molecular flexibility index (Phi) is 4.93. The molecule has 1 amide bonds. The third kappa shape index (κ3) is 3.76. The van der Waals surface area contributed by atoms with Gasteiger partial charge in [0.2, 0.25) is 5.91 Å². The van der Waals surface area contributed by atoms with Gasteiger partial charge in [0.1, 0.15) is 5.82 Å². The standard InChI is InChI=1S/C14H20BrN3O/c1-3-10-4-5-16-12(7-10)14(19)18-13-6-9(2)11(15)8-17-13/h6,8,10,12,16H,3-5,7H2,1-2H3,(H,17,18,19). The van der Waals surface area contributed by atoms with Gasteiger partial charge in [-0.2, -0.15) is 0 Å². The predicted octanol–water partition coefficient (Wildman–Crippen LogP) is 2.87. The predicted molar refractivity (Wildman–Crippen MR) is 80.1 cm³/mol. The van der Waals surface area contributed by atoms with E-state index in [1.807, 2.05) is 13.0 Å². The lowest BCUT2D eigenvalue weighted by atomic mass is 9.90. The summed E-state index contributed by atoms with van der Waals surface area (Å²) in [5, 5.41) is 6.17. The smallest absolute Gasteiger partial charge is 0.242 e. The maximum absolute atomic E-state index is 12.2. The monoisotopic (exact) mass is 325 g/mol. The summed E-state index contributed by atoms with van der Waals surface area (Å²) in [7, 11) is 0. The Labute approximate surface area is 122 Å². The number of halogens is 1. The number of carbonyl (C=O) groups is 1. The van der Waals surface area contributed by atoms with Crippen LogP contribution in [0.3, 0.4) is 0 Å². The summed E-state index contributed by atoms with van der Waals surface area (Å²) in [5.74, 6) is 1.29. The molecule has 0 saturated carbocycles. The van der Waals surface area contributed by atoms with Crippen molar-refractivity contribution in [2.45, 2.75) is 39.2 Å². The summed E-state index contributed by atoms with van der Waals surface area (Å²) in [4.78, 5) is 16.4. The third-order valence-electron chi connectivity index (χ3n) is 3.70. The van der Waals surface area contributed by atoms with E-state index in [1.165, 1.54) is 0 Å². The zero-order chi connectivity index (χ0) is 13.8. The van der Waals surface area contributed by atoms with Gasteiger partial charge in [0.05, 0.1) is 6.04 Å². The molecule has 2 rings (SSSR count). The van der Waals surface area contributed by atoms with Crippen molar-refractivity contribution in [1.29, 1.82) is 0 Å². The number of anilines is 1. The first-order valence-corrected chi connectivity index (χ1v) is 7.55. The summed E-state index contributed by atoms with van der Waals surface area (Å²) in [5.41, 5.74) is 1.06. The lowest BCUT2D eigenvalue weighted by molar-refractivity contribution is -0.119. The van der Waals surface area contributed by atoms with Gasteiger partial charge in [-0.15, -0.1) is 0 Å². The van der Waals surface area contributed by atoms with Crippen molar-refractivity contribution in [1.82, 2.24) is 10.3 Å². The Bertz CT molecular complexity index is 464. The first-order chi connectivity index (χ1) is 9.10. The van der Waals surface area contributed by atoms with Gasteiger partial charge in [0.15, 0.2) is 0 Å². The molecule has 104 valence electrons. The minimum Gasteiger partial charge on any atom is -0.309 e. The Morgan fingerprint density at radius 2 is 2.42 bits per heavy atom. The largest absolute Gasteiger partial charge is 0.309 e. The molecule has 2 N–H and O–H groups in total. The summed E-state index contributed by atoms with van der Waals surface area (Å²) in [6, 6.07) is 1.78. The van der Waals surface area contributed by atoms with Crippen LogP contribution in [0, 0.1) is 12.8 Å². The summed E-state index contributed by atoms with van der Waals surface area (Å²) < 4.78 is 0.951. The van der Waals surface area contributed by atoms with Crippen LogP contribution in [0.4, 0.5) is 5.82 Å². The minimum atomic E-state index is -0.0931. The minimum absolute atomic E-state index is 0.0207. The normalized spacial score (nSPS) is 23.1. The van der Waals surface area contributed by atoms with Gasteiger partial charge in [-0.3, -0.25) is 4.79 Å². The van der Waals surface area contributed by atoms with E-state index in [0.29, 0.717) is 11.7 Å². The maximum atomic E-state index is 12.2. The number of piperidine rings is 1. The van der Waals surface area contributed by atoms with Crippen molar-refractivity contribution in [3.63, 3.8) is 0 Å². The van der Waals surface area contributed by atoms with Crippen LogP contribution in [-0.2, 0) is 4.79 Å². The highest BCUT2D eigenvalue weighted by atomic mass is 79.9. The zero-order valence-electron chi connectivity index (χ0n) is 11.4. The highest BCUT2D eigenvalue weighted by Gasteiger charge is 2.26. The highest BCUT2D eigenvalue weighted by molar-refractivity contribution is 9.10. The second-order valence-electron chi connectivity index (χ2n) is 5.11. The number of aryl methyl sites for hydroxylation is 1. The Balaban J connectivity index is 1.98. The number of nitrogens with zero attached hydrogens (tertiary/aromatic N) is 1. The van der Waals surface area contributed by atoms with E-state index in [-0.39, 0.29) is 11.9 Å². The molecule has 0 radical (unpaired) electrons. The van der Waals surface area contributed by atoms with Crippen molar-refractivity contribution in [3.05, 3.63) is 22.3 Å². The van der Waals surface area contributed by atoms with E-state index in [2.05, 4.69) is 38.5 Å². The van der Waals surface area contributed by atoms with Gasteiger partial charge in [-0.1, -0.05) is 13.3 Å². The van der Waals surface area contributed by atoms with Gasteiger partial charge in [0, 0.05) is 10.7 Å². The van der Waals surface area contributed by atoms with Crippen molar-refractivity contribution in [3.8, 4) is 0 Å². The van der Waals surface area contributed by atoms with Crippen LogP contribution in [0.15, 0.2) is 16.7 Å². The van der Waals surface area contributed by atoms with E-state index in [1.54, 1.807) is 6.20 Å². The first-order valence-electron chi connectivity index (χ1n) is 6.76. The number of nitrogens with one attached hydrogen (secondary N) is 2. The average molecular weight is 326 g/mol. The molecular formula is C14H20BrN3O. The number of aromatic nitrogens is 1. The highest BCUT2D eigenvalue weighted by Crippen LogP contribution is 2.21. The summed E-state index contributed by atoms with van der Waals surface area (Å²) in [6.45, 7) is 5.08. The van der Waals surface area contributed by atoms with Crippen molar-refractivity contribution >= 4 is 27.7 Å². The Hall–Kier alpha value is -0.940. The second-order valence-corrected chi connectivity index (χ2v) is 5.97. The van der Waals surface area contributed by atoms with Gasteiger partial charge >= 0.3 is 0 Å². The second kappa shape index (κ2) is 6.48. The van der Waals surface area contributed by atoms with E-state index >= 15 is 0 Å². The molecule has 1 aliphatic rings. The van der Waals surface area contributed by atoms with E-state index < -0.39 is 0 Å². The van der Waals surface area contributed by atoms with Gasteiger partial charge in [-0.25, -0.2) is 4.98 Å². The summed E-state index contributed by atoms with van der Waals surface area (Å²) >= 11 is 3.40. The first kappa shape index (κ1) is 14.5. The van der Waals surface area contributed by atoms with E-state index in [0.717, 1.165) is 35.8 Å². The van der Waals surface area contributed by atoms with Gasteiger partial charge in [-0.05, 0) is 59.8 Å². The lowest BCUT2D eigenvalue weighted by Crippen LogP contribution is -2.46. The molecule has 1 aliphatic heterocycles. The van der Waals surface area contributed by atoms with E-state index in [9.17, 15) is 4.79 Å². The van der Waals surface area contributed by atoms with Crippen molar-refractivity contribution in [2.24, 2.45) is 5.92 Å². The lowest BCUT2D eigenvalue weighted by Gasteiger charge is -2.28. The van der Waals surface area contributed by atoms with Crippen LogP contribution in [0.5, 0.6) is 0 Å². The fourth-order valence-corrected chi connectivity index (χ4v) is 2.60. The van der Waals surface area contributed by atoms with Crippen LogP contribution in [-0.4, -0.2) is 23.5 Å². The fraction of sp³-hybridized carbons (Fsp3) is 0.571. The van der Waals surface area contributed by atoms with Crippen molar-refractivity contribution in [2.75, 3.05) is 11.9 Å². The number of pyridine rings is 1. The van der Waals surface area contributed by atoms with Gasteiger partial charge in [0.25, 0.3) is 0 Å². The molecule has 1 fully saturated rings. The number of hydrogen-bond acceptors (Lipinski definition) is 3. The maximum Gasteiger partial charge on any atom is 0.242 e. The Morgan fingerprint density at radius 3 is 3.11 bits per heavy atom. The summed E-state index contributed by atoms with van der Waals surface area (Å²) in [6.07, 6.45) is 4.93. The molecule has 2 heterocycles. The molecule has 0 aromatic carbocycles. The van der Waals surface area contributed by atoms with E-state index in [4.69, 9.17) is 0 Å². The molecule has 2 atom stereocenters. The molecule has 0 spiro atoms. The Morgan fingerprint density at radius 1 is 1.63 bits per heavy atom. The van der Waals surface area contributed by atoms with Crippen LogP contribution in [0.2, 0.25) is 0 Å². The number of carbonyl (C=O) groups excluding carboxylic acids is 1. The van der Waals surface area contributed by atoms with Crippen LogP contribution >= 0.6 is 15.9 Å². The topological polar surface area (TPSA) is 54.0 Å². The van der Waals surface area contributed by atoms with Crippen LogP contribution < -0.4 is 10.6 Å². The number of rotatable bonds is 3. The molecule has 19 heavy (non-hydrogen) atoms. The molecule has 5 heteroatoms. The molecule has 4 nitrogen and oxygen atoms in total. The number of hydrogen-bond donors (Lipinski definition) is 2. The molecule has 1 aromatic heterocycles. The molecule has 1 saturated heterocycles. The fourth-order valence-electron chi connectivity index (χ4n) is 2.39. The van der Waals surface area contributed by atoms with Crippen LogP contribution in [0.1, 0.15) is 31.7 Å². The third-order valence-corrected chi connectivity index (χ3v) is 4.53. The SMILES string of the molecule is CCC1CCNC(C(=O)Nc2cc(C)c(Br)cn2)C1. The molecule has 1 aromatic rings. The molecule has 0 bridgehead atoms. The zero-order valence-corrected chi connectivity index (χ0v) is 13.0. The molecule has 2 unspecified atom stereocenters. The molecule has 0 aliphatic carbocycles.